The van der Waals surface area contributed by atoms with E-state index >= 15 is 0 Å². The van der Waals surface area contributed by atoms with Crippen molar-refractivity contribution >= 4 is 29.4 Å². The van der Waals surface area contributed by atoms with Crippen LogP contribution in [0.25, 0.3) is 5.65 Å². The predicted molar refractivity (Wildman–Crippen MR) is 43.9 cm³/mol. The van der Waals surface area contributed by atoms with Crippen LogP contribution in [0.5, 0.6) is 0 Å². The first-order valence-corrected chi connectivity index (χ1v) is 3.99. The van der Waals surface area contributed by atoms with Crippen LogP contribution < -0.4 is 0 Å². The molecule has 4 heteroatoms. The maximum atomic E-state index is 4.90. The normalized spacial score (nSPS) is 10.4. The molecule has 2 rings (SSSR count). The minimum atomic E-state index is 0.686. The van der Waals surface area contributed by atoms with E-state index in [1.54, 1.807) is 0 Å². The van der Waals surface area contributed by atoms with E-state index in [4.69, 9.17) is 12.2 Å². The molecule has 2 nitrogen and oxygen atoms in total. The van der Waals surface area contributed by atoms with Crippen LogP contribution in [-0.4, -0.2) is 8.77 Å². The van der Waals surface area contributed by atoms with Crippen molar-refractivity contribution in [1.82, 2.24) is 8.77 Å². The lowest BCUT2D eigenvalue weighted by Crippen LogP contribution is -1.75. The van der Waals surface area contributed by atoms with Crippen LogP contribution in [0.4, 0.5) is 0 Å². The highest BCUT2D eigenvalue weighted by Gasteiger charge is 1.91. The van der Waals surface area contributed by atoms with Crippen LogP contribution in [0.3, 0.4) is 0 Å². The van der Waals surface area contributed by atoms with Crippen molar-refractivity contribution in [3.05, 3.63) is 28.4 Å². The minimum Gasteiger partial charge on any atom is -0.254 e. The van der Waals surface area contributed by atoms with E-state index in [0.717, 1.165) is 5.65 Å². The molecular weight excluding hydrogens is 164 g/mol. The van der Waals surface area contributed by atoms with Gasteiger partial charge in [0.05, 0.1) is 0 Å². The molecule has 0 fully saturated rings. The molecule has 2 aromatic heterocycles. The van der Waals surface area contributed by atoms with Crippen molar-refractivity contribution in [2.24, 2.45) is 0 Å². The summed E-state index contributed by atoms with van der Waals surface area (Å²) in [5.74, 6) is 0. The van der Waals surface area contributed by atoms with E-state index in [0.29, 0.717) is 3.95 Å². The summed E-state index contributed by atoms with van der Waals surface area (Å²) in [5, 5.41) is 0. The maximum absolute atomic E-state index is 4.90. The van der Waals surface area contributed by atoms with Gasteiger partial charge < -0.3 is 0 Å². The Hall–Kier alpha value is -0.740. The SMILES string of the molecule is S=c1nc2ccccn2s1. The van der Waals surface area contributed by atoms with Gasteiger partial charge in [0, 0.05) is 6.20 Å². The van der Waals surface area contributed by atoms with Gasteiger partial charge in [-0.25, -0.2) is 4.98 Å². The van der Waals surface area contributed by atoms with Crippen LogP contribution >= 0.6 is 23.8 Å². The highest BCUT2D eigenvalue weighted by Crippen LogP contribution is 2.05. The van der Waals surface area contributed by atoms with E-state index in [1.165, 1.54) is 11.5 Å². The smallest absolute Gasteiger partial charge is 0.199 e. The summed E-state index contributed by atoms with van der Waals surface area (Å²) in [6, 6.07) is 5.84. The van der Waals surface area contributed by atoms with Gasteiger partial charge in [-0.2, -0.15) is 0 Å². The zero-order valence-corrected chi connectivity index (χ0v) is 6.65. The molecule has 0 saturated heterocycles. The number of hydrogen-bond donors (Lipinski definition) is 0. The number of aromatic nitrogens is 2. The Labute approximate surface area is 66.9 Å². The van der Waals surface area contributed by atoms with Gasteiger partial charge in [0.1, 0.15) is 5.65 Å². The van der Waals surface area contributed by atoms with Gasteiger partial charge in [-0.1, -0.05) is 6.07 Å². The fraction of sp³-hybridized carbons (Fsp3) is 0. The van der Waals surface area contributed by atoms with Crippen molar-refractivity contribution in [3.8, 4) is 0 Å². The third kappa shape index (κ3) is 0.853. The van der Waals surface area contributed by atoms with Crippen molar-refractivity contribution in [2.45, 2.75) is 0 Å². The number of pyridine rings is 1. The molecule has 0 atom stereocenters. The average molecular weight is 168 g/mol. The van der Waals surface area contributed by atoms with Gasteiger partial charge in [0.15, 0.2) is 3.95 Å². The standard InChI is InChI=1S/C6H4N2S2/c9-6-7-5-3-1-2-4-8(5)10-6/h1-4H. The second kappa shape index (κ2) is 2.14. The third-order valence-corrected chi connectivity index (χ3v) is 2.25. The molecule has 0 amide bonds. The number of hydrogen-bond acceptors (Lipinski definition) is 3. The van der Waals surface area contributed by atoms with Crippen LogP contribution in [0.2, 0.25) is 0 Å². The Morgan fingerprint density at radius 2 is 2.40 bits per heavy atom. The number of rotatable bonds is 0. The molecule has 0 radical (unpaired) electrons. The molecule has 0 spiro atoms. The van der Waals surface area contributed by atoms with Crippen molar-refractivity contribution in [2.75, 3.05) is 0 Å². The molecule has 2 heterocycles. The average Bonchev–Trinajstić information content (AvgIpc) is 2.27. The van der Waals surface area contributed by atoms with Gasteiger partial charge in [-0.3, -0.25) is 3.79 Å². The van der Waals surface area contributed by atoms with Crippen LogP contribution in [0, 0.1) is 3.95 Å². The van der Waals surface area contributed by atoms with E-state index in [-0.39, 0.29) is 0 Å². The summed E-state index contributed by atoms with van der Waals surface area (Å²) in [5.41, 5.74) is 0.928. The Bertz CT molecular complexity index is 365. The molecule has 0 aliphatic carbocycles. The molecule has 0 bridgehead atoms. The molecule has 10 heavy (non-hydrogen) atoms. The lowest BCUT2D eigenvalue weighted by molar-refractivity contribution is 1.27. The van der Waals surface area contributed by atoms with Crippen LogP contribution in [0.15, 0.2) is 24.4 Å². The highest BCUT2D eigenvalue weighted by molar-refractivity contribution is 7.73. The lowest BCUT2D eigenvalue weighted by Gasteiger charge is -1.84. The van der Waals surface area contributed by atoms with E-state index in [1.807, 2.05) is 28.2 Å². The third-order valence-electron chi connectivity index (χ3n) is 1.19. The first-order chi connectivity index (χ1) is 4.86. The van der Waals surface area contributed by atoms with Crippen LogP contribution in [-0.2, 0) is 0 Å². The summed E-state index contributed by atoms with van der Waals surface area (Å²) in [6.07, 6.45) is 1.95. The molecule has 0 saturated carbocycles. The highest BCUT2D eigenvalue weighted by atomic mass is 32.2. The zero-order valence-electron chi connectivity index (χ0n) is 5.02. The largest absolute Gasteiger partial charge is 0.254 e. The first-order valence-electron chi connectivity index (χ1n) is 2.81. The Morgan fingerprint density at radius 1 is 1.50 bits per heavy atom. The summed E-state index contributed by atoms with van der Waals surface area (Å²) in [4.78, 5) is 4.11. The molecule has 2 aromatic rings. The van der Waals surface area contributed by atoms with Gasteiger partial charge in [-0.05, 0) is 35.9 Å². The molecule has 0 N–H and O–H groups in total. The van der Waals surface area contributed by atoms with Crippen molar-refractivity contribution < 1.29 is 0 Å². The minimum absolute atomic E-state index is 0.686. The summed E-state index contributed by atoms with van der Waals surface area (Å²) in [6.45, 7) is 0. The molecule has 50 valence electrons. The van der Waals surface area contributed by atoms with E-state index in [2.05, 4.69) is 4.98 Å². The molecule has 0 aliphatic heterocycles. The van der Waals surface area contributed by atoms with Crippen molar-refractivity contribution in [1.29, 1.82) is 0 Å². The second-order valence-electron chi connectivity index (χ2n) is 1.85. The van der Waals surface area contributed by atoms with Gasteiger partial charge in [0.25, 0.3) is 0 Å². The number of fused-ring (bicyclic) bond motifs is 1. The van der Waals surface area contributed by atoms with E-state index < -0.39 is 0 Å². The summed E-state index contributed by atoms with van der Waals surface area (Å²) in [7, 11) is 0. The van der Waals surface area contributed by atoms with E-state index in [9.17, 15) is 0 Å². The first kappa shape index (κ1) is 6.00. The van der Waals surface area contributed by atoms with Gasteiger partial charge >= 0.3 is 0 Å². The van der Waals surface area contributed by atoms with Gasteiger partial charge in [0.2, 0.25) is 0 Å². The maximum Gasteiger partial charge on any atom is 0.199 e. The topological polar surface area (TPSA) is 17.3 Å². The summed E-state index contributed by atoms with van der Waals surface area (Å²) >= 11 is 6.37. The Morgan fingerprint density at radius 3 is 3.20 bits per heavy atom. The number of nitrogens with zero attached hydrogens (tertiary/aromatic N) is 2. The monoisotopic (exact) mass is 168 g/mol. The summed E-state index contributed by atoms with van der Waals surface area (Å²) < 4.78 is 2.63. The van der Waals surface area contributed by atoms with Crippen LogP contribution in [0.1, 0.15) is 0 Å². The fourth-order valence-corrected chi connectivity index (χ4v) is 1.74. The fourth-order valence-electron chi connectivity index (χ4n) is 0.781. The van der Waals surface area contributed by atoms with Crippen molar-refractivity contribution in [3.63, 3.8) is 0 Å². The lowest BCUT2D eigenvalue weighted by atomic mass is 10.5. The molecule has 0 aromatic carbocycles. The predicted octanol–water partition coefficient (Wildman–Crippen LogP) is 2.13. The molecular formula is C6H4N2S2. The zero-order chi connectivity index (χ0) is 6.97. The molecule has 0 unspecified atom stereocenters. The second-order valence-corrected chi connectivity index (χ2v) is 3.46. The Kier molecular flexibility index (Phi) is 1.28. The Balaban J connectivity index is 3.01. The molecule has 0 aliphatic rings. The quantitative estimate of drug-likeness (QED) is 0.561. The van der Waals surface area contributed by atoms with Gasteiger partial charge in [-0.15, -0.1) is 0 Å².